The molecule has 118 valence electrons. The number of hydrogen-bond acceptors (Lipinski definition) is 1. The van der Waals surface area contributed by atoms with Crippen molar-refractivity contribution >= 4 is 0 Å². The Morgan fingerprint density at radius 2 is 1.95 bits per heavy atom. The molecular formula is C18H27F2N. The van der Waals surface area contributed by atoms with Crippen LogP contribution in [-0.4, -0.2) is 6.54 Å². The minimum atomic E-state index is -0.355. The zero-order valence-corrected chi connectivity index (χ0v) is 13.3. The van der Waals surface area contributed by atoms with Crippen molar-refractivity contribution in [3.8, 4) is 0 Å². The average Bonchev–Trinajstić information content (AvgIpc) is 2.46. The topological polar surface area (TPSA) is 12.0 Å². The van der Waals surface area contributed by atoms with E-state index in [2.05, 4.69) is 26.1 Å². The molecule has 1 saturated carbocycles. The Bertz CT molecular complexity index is 461. The van der Waals surface area contributed by atoms with E-state index >= 15 is 0 Å². The van der Waals surface area contributed by atoms with E-state index in [1.54, 1.807) is 0 Å². The normalized spacial score (nSPS) is 27.6. The third-order valence-electron chi connectivity index (χ3n) is 5.02. The SMILES string of the molecule is CCCNC(c1cc(F)ccc1F)C1CCC(C)C(C)C1. The number of hydrogen-bond donors (Lipinski definition) is 1. The maximum Gasteiger partial charge on any atom is 0.128 e. The lowest BCUT2D eigenvalue weighted by Crippen LogP contribution is -2.34. The highest BCUT2D eigenvalue weighted by atomic mass is 19.1. The van der Waals surface area contributed by atoms with E-state index in [9.17, 15) is 8.78 Å². The van der Waals surface area contributed by atoms with Gasteiger partial charge in [0, 0.05) is 11.6 Å². The second-order valence-corrected chi connectivity index (χ2v) is 6.63. The molecular weight excluding hydrogens is 268 g/mol. The van der Waals surface area contributed by atoms with E-state index in [1.165, 1.54) is 24.6 Å². The van der Waals surface area contributed by atoms with Crippen molar-refractivity contribution in [2.24, 2.45) is 17.8 Å². The van der Waals surface area contributed by atoms with Gasteiger partial charge >= 0.3 is 0 Å². The summed E-state index contributed by atoms with van der Waals surface area (Å²) >= 11 is 0. The van der Waals surface area contributed by atoms with Crippen molar-refractivity contribution in [1.82, 2.24) is 5.32 Å². The van der Waals surface area contributed by atoms with Crippen molar-refractivity contribution in [2.45, 2.75) is 52.5 Å². The Labute approximate surface area is 127 Å². The summed E-state index contributed by atoms with van der Waals surface area (Å²) < 4.78 is 27.7. The third kappa shape index (κ3) is 4.03. The van der Waals surface area contributed by atoms with Crippen LogP contribution in [0, 0.1) is 29.4 Å². The third-order valence-corrected chi connectivity index (χ3v) is 5.02. The summed E-state index contributed by atoms with van der Waals surface area (Å²) in [5.74, 6) is 1.11. The first-order valence-corrected chi connectivity index (χ1v) is 8.21. The van der Waals surface area contributed by atoms with Crippen LogP contribution in [0.5, 0.6) is 0 Å². The molecule has 0 aromatic heterocycles. The van der Waals surface area contributed by atoms with Crippen LogP contribution >= 0.6 is 0 Å². The molecule has 3 heteroatoms. The smallest absolute Gasteiger partial charge is 0.128 e. The van der Waals surface area contributed by atoms with E-state index < -0.39 is 0 Å². The summed E-state index contributed by atoms with van der Waals surface area (Å²) in [6, 6.07) is 3.74. The molecule has 0 amide bonds. The molecule has 0 saturated heterocycles. The summed E-state index contributed by atoms with van der Waals surface area (Å²) in [5, 5.41) is 3.45. The van der Waals surface area contributed by atoms with Gasteiger partial charge in [-0.25, -0.2) is 8.78 Å². The first-order valence-electron chi connectivity index (χ1n) is 8.21. The lowest BCUT2D eigenvalue weighted by atomic mass is 9.72. The quantitative estimate of drug-likeness (QED) is 0.799. The molecule has 1 aliphatic rings. The molecule has 1 fully saturated rings. The highest BCUT2D eigenvalue weighted by Crippen LogP contribution is 2.40. The Balaban J connectivity index is 2.23. The number of benzene rings is 1. The van der Waals surface area contributed by atoms with Crippen LogP contribution in [0.3, 0.4) is 0 Å². The number of rotatable bonds is 5. The largest absolute Gasteiger partial charge is 0.310 e. The predicted octanol–water partition coefficient (Wildman–Crippen LogP) is 5.08. The van der Waals surface area contributed by atoms with Crippen molar-refractivity contribution in [3.05, 3.63) is 35.4 Å². The molecule has 0 aliphatic heterocycles. The summed E-state index contributed by atoms with van der Waals surface area (Å²) in [6.07, 6.45) is 4.33. The maximum absolute atomic E-state index is 14.2. The van der Waals surface area contributed by atoms with Crippen LogP contribution < -0.4 is 5.32 Å². The zero-order valence-electron chi connectivity index (χ0n) is 13.3. The van der Waals surface area contributed by atoms with Crippen molar-refractivity contribution in [1.29, 1.82) is 0 Å². The number of nitrogens with one attached hydrogen (secondary N) is 1. The van der Waals surface area contributed by atoms with Gasteiger partial charge in [-0.1, -0.05) is 27.2 Å². The monoisotopic (exact) mass is 295 g/mol. The van der Waals surface area contributed by atoms with Gasteiger partial charge in [-0.05, 0) is 61.8 Å². The zero-order chi connectivity index (χ0) is 15.4. The standard InChI is InChI=1S/C18H27F2N/c1-4-9-21-18(14-6-5-12(2)13(3)10-14)16-11-15(19)7-8-17(16)20/h7-8,11-14,18,21H,4-6,9-10H2,1-3H3. The van der Waals surface area contributed by atoms with E-state index in [4.69, 9.17) is 0 Å². The molecule has 0 radical (unpaired) electrons. The van der Waals surface area contributed by atoms with Gasteiger partial charge in [0.25, 0.3) is 0 Å². The highest BCUT2D eigenvalue weighted by Gasteiger charge is 2.32. The fourth-order valence-corrected chi connectivity index (χ4v) is 3.48. The van der Waals surface area contributed by atoms with Crippen LogP contribution in [-0.2, 0) is 0 Å². The summed E-state index contributed by atoms with van der Waals surface area (Å²) in [7, 11) is 0. The van der Waals surface area contributed by atoms with Crippen LogP contribution in [0.25, 0.3) is 0 Å². The van der Waals surface area contributed by atoms with Crippen molar-refractivity contribution in [2.75, 3.05) is 6.54 Å². The summed E-state index contributed by atoms with van der Waals surface area (Å²) in [5.41, 5.74) is 0.496. The van der Waals surface area contributed by atoms with Gasteiger partial charge in [-0.3, -0.25) is 0 Å². The molecule has 1 aliphatic carbocycles. The Morgan fingerprint density at radius 1 is 1.19 bits per heavy atom. The fourth-order valence-electron chi connectivity index (χ4n) is 3.48. The van der Waals surface area contributed by atoms with Gasteiger partial charge < -0.3 is 5.32 Å². The van der Waals surface area contributed by atoms with Gasteiger partial charge in [0.1, 0.15) is 11.6 Å². The summed E-state index contributed by atoms with van der Waals surface area (Å²) in [4.78, 5) is 0. The lowest BCUT2D eigenvalue weighted by Gasteiger charge is -2.37. The molecule has 4 atom stereocenters. The fraction of sp³-hybridized carbons (Fsp3) is 0.667. The van der Waals surface area contributed by atoms with Crippen LogP contribution in [0.2, 0.25) is 0 Å². The minimum Gasteiger partial charge on any atom is -0.310 e. The Kier molecular flexibility index (Phi) is 5.74. The van der Waals surface area contributed by atoms with Gasteiger partial charge in [0.05, 0.1) is 0 Å². The van der Waals surface area contributed by atoms with Crippen LogP contribution in [0.15, 0.2) is 18.2 Å². The maximum atomic E-state index is 14.2. The molecule has 1 nitrogen and oxygen atoms in total. The average molecular weight is 295 g/mol. The first-order chi connectivity index (χ1) is 10.0. The van der Waals surface area contributed by atoms with Crippen LogP contribution in [0.1, 0.15) is 58.1 Å². The lowest BCUT2D eigenvalue weighted by molar-refractivity contribution is 0.169. The Morgan fingerprint density at radius 3 is 2.62 bits per heavy atom. The van der Waals surface area contributed by atoms with E-state index in [-0.39, 0.29) is 17.7 Å². The summed E-state index contributed by atoms with van der Waals surface area (Å²) in [6.45, 7) is 7.49. The molecule has 0 bridgehead atoms. The molecule has 0 spiro atoms. The van der Waals surface area contributed by atoms with Gasteiger partial charge in [0.2, 0.25) is 0 Å². The van der Waals surface area contributed by atoms with Crippen molar-refractivity contribution < 1.29 is 8.78 Å². The van der Waals surface area contributed by atoms with Gasteiger partial charge in [-0.2, -0.15) is 0 Å². The molecule has 21 heavy (non-hydrogen) atoms. The molecule has 0 heterocycles. The molecule has 1 aromatic rings. The second kappa shape index (κ2) is 7.35. The Hall–Kier alpha value is -0.960. The highest BCUT2D eigenvalue weighted by molar-refractivity contribution is 5.23. The first kappa shape index (κ1) is 16.4. The van der Waals surface area contributed by atoms with Crippen molar-refractivity contribution in [3.63, 3.8) is 0 Å². The molecule has 1 N–H and O–H groups in total. The molecule has 4 unspecified atom stereocenters. The minimum absolute atomic E-state index is 0.0735. The second-order valence-electron chi connectivity index (χ2n) is 6.63. The van der Waals surface area contributed by atoms with E-state index in [1.807, 2.05) is 0 Å². The molecule has 1 aromatic carbocycles. The van der Waals surface area contributed by atoms with Gasteiger partial charge in [0.15, 0.2) is 0 Å². The van der Waals surface area contributed by atoms with E-state index in [0.717, 1.165) is 31.7 Å². The molecule has 2 rings (SSSR count). The van der Waals surface area contributed by atoms with E-state index in [0.29, 0.717) is 17.4 Å². The number of halogens is 2. The van der Waals surface area contributed by atoms with Crippen LogP contribution in [0.4, 0.5) is 8.78 Å². The predicted molar refractivity (Wildman–Crippen MR) is 83.1 cm³/mol. The van der Waals surface area contributed by atoms with Gasteiger partial charge in [-0.15, -0.1) is 0 Å².